The van der Waals surface area contributed by atoms with Crippen LogP contribution in [0.1, 0.15) is 85.1 Å². The molecule has 1 aliphatic rings. The lowest BCUT2D eigenvalue weighted by Gasteiger charge is -2.32. The molecule has 1 fully saturated rings. The fraction of sp³-hybridized carbons (Fsp3) is 0.643. The van der Waals surface area contributed by atoms with Gasteiger partial charge in [0.2, 0.25) is 5.91 Å². The largest absolute Gasteiger partial charge is 0.497 e. The molecular weight excluding hydrogens is 412 g/mol. The van der Waals surface area contributed by atoms with Crippen LogP contribution in [0.2, 0.25) is 0 Å². The Labute approximate surface area is 199 Å². The van der Waals surface area contributed by atoms with E-state index in [0.29, 0.717) is 18.8 Å². The highest BCUT2D eigenvalue weighted by Crippen LogP contribution is 2.34. The zero-order valence-electron chi connectivity index (χ0n) is 21.7. The van der Waals surface area contributed by atoms with Crippen molar-refractivity contribution in [2.75, 3.05) is 20.2 Å². The number of pyridine rings is 1. The minimum atomic E-state index is -0.0254. The topological polar surface area (TPSA) is 51.5 Å². The van der Waals surface area contributed by atoms with Gasteiger partial charge < -0.3 is 9.64 Å². The van der Waals surface area contributed by atoms with Crippen molar-refractivity contribution in [3.8, 4) is 5.75 Å². The van der Waals surface area contributed by atoms with Gasteiger partial charge in [-0.05, 0) is 59.6 Å². The third-order valence-electron chi connectivity index (χ3n) is 6.57. The third kappa shape index (κ3) is 6.61. The quantitative estimate of drug-likeness (QED) is 0.517. The summed E-state index contributed by atoms with van der Waals surface area (Å²) in [7, 11) is 1.62. The molecule has 0 spiro atoms. The van der Waals surface area contributed by atoms with E-state index < -0.39 is 0 Å². The van der Waals surface area contributed by atoms with Crippen LogP contribution in [0.5, 0.6) is 5.75 Å². The number of carbonyl (C=O) groups is 1. The molecule has 1 aliphatic carbocycles. The first-order valence-electron chi connectivity index (χ1n) is 12.4. The van der Waals surface area contributed by atoms with Gasteiger partial charge in [0, 0.05) is 24.7 Å². The van der Waals surface area contributed by atoms with Crippen LogP contribution in [-0.4, -0.2) is 35.6 Å². The molecule has 1 heterocycles. The predicted octanol–water partition coefficient (Wildman–Crippen LogP) is 5.98. The van der Waals surface area contributed by atoms with E-state index in [1.54, 1.807) is 11.7 Å². The molecule has 3 rings (SSSR count). The number of hydrogen-bond donors (Lipinski definition) is 0. The number of methoxy groups -OCH3 is 1. The average molecular weight is 455 g/mol. The second-order valence-corrected chi connectivity index (χ2v) is 12.1. The summed E-state index contributed by atoms with van der Waals surface area (Å²) < 4.78 is 7.13. The molecule has 1 saturated carbocycles. The van der Waals surface area contributed by atoms with Crippen molar-refractivity contribution in [2.45, 2.75) is 86.1 Å². The van der Waals surface area contributed by atoms with E-state index in [4.69, 9.17) is 4.74 Å². The Bertz CT molecular complexity index is 1030. The lowest BCUT2D eigenvalue weighted by Crippen LogP contribution is -2.42. The fourth-order valence-corrected chi connectivity index (χ4v) is 4.76. The second-order valence-electron chi connectivity index (χ2n) is 12.1. The Balaban J connectivity index is 2.02. The van der Waals surface area contributed by atoms with E-state index in [9.17, 15) is 9.59 Å². The van der Waals surface area contributed by atoms with Crippen molar-refractivity contribution in [3.05, 3.63) is 40.2 Å². The first-order valence-corrected chi connectivity index (χ1v) is 12.4. The predicted molar refractivity (Wildman–Crippen MR) is 136 cm³/mol. The van der Waals surface area contributed by atoms with Crippen molar-refractivity contribution in [1.82, 2.24) is 9.47 Å². The Morgan fingerprint density at radius 3 is 2.30 bits per heavy atom. The normalized spacial score (nSPS) is 15.2. The molecule has 33 heavy (non-hydrogen) atoms. The summed E-state index contributed by atoms with van der Waals surface area (Å²) in [5, 5.41) is 0.988. The summed E-state index contributed by atoms with van der Waals surface area (Å²) >= 11 is 0. The summed E-state index contributed by atoms with van der Waals surface area (Å²) in [4.78, 5) is 29.3. The zero-order chi connectivity index (χ0) is 24.4. The Kier molecular flexibility index (Phi) is 7.60. The van der Waals surface area contributed by atoms with Crippen LogP contribution >= 0.6 is 0 Å². The summed E-state index contributed by atoms with van der Waals surface area (Å²) in [6.07, 6.45) is 5.34. The number of hydrogen-bond acceptors (Lipinski definition) is 3. The molecule has 0 N–H and O–H groups in total. The summed E-state index contributed by atoms with van der Waals surface area (Å²) in [5.41, 5.74) is 1.71. The lowest BCUT2D eigenvalue weighted by atomic mass is 9.91. The number of rotatable bonds is 7. The van der Waals surface area contributed by atoms with Gasteiger partial charge in [-0.3, -0.25) is 14.2 Å². The zero-order valence-corrected chi connectivity index (χ0v) is 21.7. The maximum atomic E-state index is 13.7. The van der Waals surface area contributed by atoms with E-state index in [2.05, 4.69) is 41.5 Å². The minimum absolute atomic E-state index is 0.00367. The van der Waals surface area contributed by atoms with Gasteiger partial charge in [0.05, 0.1) is 12.6 Å². The molecule has 1 aromatic heterocycles. The van der Waals surface area contributed by atoms with Crippen LogP contribution in [0.15, 0.2) is 29.1 Å². The Morgan fingerprint density at radius 1 is 1.06 bits per heavy atom. The third-order valence-corrected chi connectivity index (χ3v) is 6.57. The number of nitrogens with zero attached hydrogens (tertiary/aromatic N) is 2. The van der Waals surface area contributed by atoms with Gasteiger partial charge in [-0.15, -0.1) is 0 Å². The molecule has 5 nitrogen and oxygen atoms in total. The van der Waals surface area contributed by atoms with Gasteiger partial charge in [-0.2, -0.15) is 0 Å². The molecule has 182 valence electrons. The van der Waals surface area contributed by atoms with Crippen molar-refractivity contribution in [2.24, 2.45) is 10.8 Å². The van der Waals surface area contributed by atoms with Crippen molar-refractivity contribution in [1.29, 1.82) is 0 Å². The summed E-state index contributed by atoms with van der Waals surface area (Å²) in [5.74, 6) is 0.983. The van der Waals surface area contributed by atoms with E-state index in [-0.39, 0.29) is 34.8 Å². The van der Waals surface area contributed by atoms with E-state index >= 15 is 0 Å². The molecule has 1 amide bonds. The summed E-state index contributed by atoms with van der Waals surface area (Å²) in [6, 6.07) is 7.85. The second kappa shape index (κ2) is 9.90. The van der Waals surface area contributed by atoms with Gasteiger partial charge in [0.25, 0.3) is 5.56 Å². The average Bonchev–Trinajstić information content (AvgIpc) is 3.25. The molecule has 0 bridgehead atoms. The molecule has 0 unspecified atom stereocenters. The molecule has 5 heteroatoms. The van der Waals surface area contributed by atoms with Gasteiger partial charge in [0.1, 0.15) is 12.3 Å². The smallest absolute Gasteiger partial charge is 0.255 e. The number of carbonyl (C=O) groups excluding carboxylic acids is 1. The highest BCUT2D eigenvalue weighted by molar-refractivity contribution is 5.84. The van der Waals surface area contributed by atoms with Gasteiger partial charge in [0.15, 0.2) is 0 Å². The number of aromatic nitrogens is 1. The van der Waals surface area contributed by atoms with Crippen molar-refractivity contribution in [3.63, 3.8) is 0 Å². The highest BCUT2D eigenvalue weighted by Gasteiger charge is 2.26. The Morgan fingerprint density at radius 2 is 1.73 bits per heavy atom. The molecule has 0 aliphatic heterocycles. The van der Waals surface area contributed by atoms with E-state index in [0.717, 1.165) is 48.6 Å². The van der Waals surface area contributed by atoms with Gasteiger partial charge in [-0.1, -0.05) is 54.4 Å². The van der Waals surface area contributed by atoms with Gasteiger partial charge >= 0.3 is 0 Å². The molecule has 2 aromatic rings. The SMILES string of the molecule is COc1ccc2cc(C3CCCC3)c(=O)n(CC(=O)N(CCC(C)(C)C)CC(C)(C)C)c2c1. The summed E-state index contributed by atoms with van der Waals surface area (Å²) in [6.45, 7) is 14.5. The molecule has 0 saturated heterocycles. The minimum Gasteiger partial charge on any atom is -0.497 e. The first kappa shape index (κ1) is 25.3. The lowest BCUT2D eigenvalue weighted by molar-refractivity contribution is -0.133. The molecule has 1 aromatic carbocycles. The number of amides is 1. The molecule has 0 atom stereocenters. The van der Waals surface area contributed by atoms with Crippen LogP contribution in [0.3, 0.4) is 0 Å². The first-order chi connectivity index (χ1) is 15.4. The fourth-order valence-electron chi connectivity index (χ4n) is 4.76. The monoisotopic (exact) mass is 454 g/mol. The maximum Gasteiger partial charge on any atom is 0.255 e. The standard InChI is InChI=1S/C28H42N2O3/c1-27(2,3)14-15-29(19-28(4,5)6)25(31)18-30-24-17-22(33-7)13-12-21(24)16-23(26(30)32)20-10-8-9-11-20/h12-13,16-17,20H,8-11,14-15,18-19H2,1-7H3. The molecular formula is C28H42N2O3. The molecule has 0 radical (unpaired) electrons. The van der Waals surface area contributed by atoms with Crippen LogP contribution < -0.4 is 10.3 Å². The van der Waals surface area contributed by atoms with Crippen LogP contribution in [0.25, 0.3) is 10.9 Å². The van der Waals surface area contributed by atoms with E-state index in [1.807, 2.05) is 29.2 Å². The number of fused-ring (bicyclic) bond motifs is 1. The van der Waals surface area contributed by atoms with Gasteiger partial charge in [-0.25, -0.2) is 0 Å². The Hall–Kier alpha value is -2.30. The number of benzene rings is 1. The van der Waals surface area contributed by atoms with E-state index in [1.165, 1.54) is 0 Å². The van der Waals surface area contributed by atoms with Crippen molar-refractivity contribution >= 4 is 16.8 Å². The van der Waals surface area contributed by atoms with Crippen LogP contribution in [0, 0.1) is 10.8 Å². The number of ether oxygens (including phenoxy) is 1. The van der Waals surface area contributed by atoms with Crippen molar-refractivity contribution < 1.29 is 9.53 Å². The maximum absolute atomic E-state index is 13.7. The van der Waals surface area contributed by atoms with Crippen LogP contribution in [0.4, 0.5) is 0 Å². The highest BCUT2D eigenvalue weighted by atomic mass is 16.5. The van der Waals surface area contributed by atoms with Crippen LogP contribution in [-0.2, 0) is 11.3 Å².